The molecule has 0 aromatic carbocycles. The predicted molar refractivity (Wildman–Crippen MR) is 87.6 cm³/mol. The minimum Gasteiger partial charge on any atom is -0.332 e. The van der Waals surface area contributed by atoms with E-state index >= 15 is 0 Å². The van der Waals surface area contributed by atoms with Crippen molar-refractivity contribution in [2.45, 2.75) is 37.0 Å². The molecule has 1 amide bonds. The quantitative estimate of drug-likeness (QED) is 0.883. The third-order valence-electron chi connectivity index (χ3n) is 4.77. The van der Waals surface area contributed by atoms with Gasteiger partial charge in [-0.05, 0) is 24.5 Å². The van der Waals surface area contributed by atoms with Gasteiger partial charge in [0.25, 0.3) is 0 Å². The van der Waals surface area contributed by atoms with Crippen molar-refractivity contribution in [3.8, 4) is 0 Å². The fourth-order valence-electron chi connectivity index (χ4n) is 3.49. The lowest BCUT2D eigenvalue weighted by atomic mass is 10.1. The maximum Gasteiger partial charge on any atom is 0.238 e. The van der Waals surface area contributed by atoms with Crippen molar-refractivity contribution >= 4 is 15.7 Å². The Balaban J connectivity index is 1.74. The highest BCUT2D eigenvalue weighted by Crippen LogP contribution is 2.27. The van der Waals surface area contributed by atoms with Crippen molar-refractivity contribution in [1.29, 1.82) is 0 Å². The number of nitrogens with zero attached hydrogens (tertiary/aromatic N) is 2. The van der Waals surface area contributed by atoms with Gasteiger partial charge >= 0.3 is 0 Å². The first kappa shape index (κ1) is 16.4. The van der Waals surface area contributed by atoms with E-state index in [1.165, 1.54) is 0 Å². The zero-order valence-corrected chi connectivity index (χ0v) is 14.0. The van der Waals surface area contributed by atoms with Gasteiger partial charge in [0, 0.05) is 32.0 Å². The molecule has 2 aliphatic rings. The Morgan fingerprint density at radius 1 is 1.35 bits per heavy atom. The van der Waals surface area contributed by atoms with Gasteiger partial charge in [0.2, 0.25) is 5.91 Å². The summed E-state index contributed by atoms with van der Waals surface area (Å²) >= 11 is 0. The molecule has 23 heavy (non-hydrogen) atoms. The van der Waals surface area contributed by atoms with E-state index in [0.29, 0.717) is 32.5 Å². The molecule has 1 N–H and O–H groups in total. The van der Waals surface area contributed by atoms with Crippen molar-refractivity contribution in [1.82, 2.24) is 15.2 Å². The Labute approximate surface area is 137 Å². The molecule has 2 fully saturated rings. The van der Waals surface area contributed by atoms with Gasteiger partial charge in [-0.1, -0.05) is 18.9 Å². The first-order valence-electron chi connectivity index (χ1n) is 8.19. The summed E-state index contributed by atoms with van der Waals surface area (Å²) in [6.07, 6.45) is 6.72. The normalized spacial score (nSPS) is 23.1. The fourth-order valence-corrected chi connectivity index (χ4v) is 5.29. The monoisotopic (exact) mass is 337 g/mol. The number of hydrogen-bond donors (Lipinski definition) is 1. The molecule has 1 aliphatic carbocycles. The number of rotatable bonds is 4. The molecular formula is C16H23N3O3S. The SMILES string of the molecule is O=C(CS(=O)(=O)C1CCCC1)N1CCNCC1c1cccnc1. The zero-order chi connectivity index (χ0) is 16.3. The van der Waals surface area contributed by atoms with Crippen LogP contribution in [0, 0.1) is 0 Å². The highest BCUT2D eigenvalue weighted by Gasteiger charge is 2.35. The molecule has 126 valence electrons. The molecule has 1 aromatic rings. The molecule has 0 bridgehead atoms. The second-order valence-corrected chi connectivity index (χ2v) is 8.59. The smallest absolute Gasteiger partial charge is 0.238 e. The predicted octanol–water partition coefficient (Wildman–Crippen LogP) is 0.912. The van der Waals surface area contributed by atoms with Gasteiger partial charge in [0.1, 0.15) is 5.75 Å². The molecule has 1 aliphatic heterocycles. The van der Waals surface area contributed by atoms with E-state index in [0.717, 1.165) is 18.4 Å². The zero-order valence-electron chi connectivity index (χ0n) is 13.1. The average molecular weight is 337 g/mol. The van der Waals surface area contributed by atoms with Crippen molar-refractivity contribution in [3.05, 3.63) is 30.1 Å². The molecule has 1 saturated heterocycles. The molecule has 1 aromatic heterocycles. The number of carbonyl (C=O) groups excluding carboxylic acids is 1. The Bertz CT molecular complexity index is 642. The minimum atomic E-state index is -3.34. The maximum atomic E-state index is 12.7. The van der Waals surface area contributed by atoms with Crippen LogP contribution in [0.1, 0.15) is 37.3 Å². The van der Waals surface area contributed by atoms with E-state index < -0.39 is 9.84 Å². The van der Waals surface area contributed by atoms with Gasteiger partial charge < -0.3 is 10.2 Å². The fraction of sp³-hybridized carbons (Fsp3) is 0.625. The Hall–Kier alpha value is -1.47. The Kier molecular flexibility index (Phi) is 4.96. The summed E-state index contributed by atoms with van der Waals surface area (Å²) in [5.74, 6) is -0.652. The summed E-state index contributed by atoms with van der Waals surface area (Å²) in [6, 6.07) is 3.61. The van der Waals surface area contributed by atoms with Crippen LogP contribution in [0.5, 0.6) is 0 Å². The van der Waals surface area contributed by atoms with Crippen LogP contribution < -0.4 is 5.32 Å². The van der Waals surface area contributed by atoms with Crippen LogP contribution in [0.4, 0.5) is 0 Å². The lowest BCUT2D eigenvalue weighted by molar-refractivity contribution is -0.131. The molecule has 3 rings (SSSR count). The molecule has 7 heteroatoms. The maximum absolute atomic E-state index is 12.7. The molecule has 0 radical (unpaired) electrons. The summed E-state index contributed by atoms with van der Waals surface area (Å²) in [5, 5.41) is 2.94. The summed E-state index contributed by atoms with van der Waals surface area (Å²) in [6.45, 7) is 1.84. The van der Waals surface area contributed by atoms with E-state index in [4.69, 9.17) is 0 Å². The summed E-state index contributed by atoms with van der Waals surface area (Å²) in [7, 11) is -3.34. The molecule has 6 nitrogen and oxygen atoms in total. The number of sulfone groups is 1. The van der Waals surface area contributed by atoms with Gasteiger partial charge in [-0.3, -0.25) is 9.78 Å². The third-order valence-corrected chi connectivity index (χ3v) is 6.90. The Morgan fingerprint density at radius 3 is 2.83 bits per heavy atom. The largest absolute Gasteiger partial charge is 0.332 e. The van der Waals surface area contributed by atoms with Crippen LogP contribution in [0.15, 0.2) is 24.5 Å². The number of pyridine rings is 1. The van der Waals surface area contributed by atoms with E-state index in [-0.39, 0.29) is 23.0 Å². The van der Waals surface area contributed by atoms with Crippen LogP contribution in [0.2, 0.25) is 0 Å². The molecule has 1 saturated carbocycles. The lowest BCUT2D eigenvalue weighted by Crippen LogP contribution is -2.50. The average Bonchev–Trinajstić information content (AvgIpc) is 3.11. The second kappa shape index (κ2) is 6.97. The first-order chi connectivity index (χ1) is 11.1. The van der Waals surface area contributed by atoms with Crippen LogP contribution >= 0.6 is 0 Å². The summed E-state index contributed by atoms with van der Waals surface area (Å²) in [4.78, 5) is 18.5. The molecule has 1 unspecified atom stereocenters. The number of piperazine rings is 1. The second-order valence-electron chi connectivity index (χ2n) is 6.31. The van der Waals surface area contributed by atoms with Gasteiger partial charge in [-0.2, -0.15) is 0 Å². The summed E-state index contributed by atoms with van der Waals surface area (Å²) in [5.41, 5.74) is 0.936. The highest BCUT2D eigenvalue weighted by atomic mass is 32.2. The molecule has 0 spiro atoms. The van der Waals surface area contributed by atoms with Gasteiger partial charge in [-0.15, -0.1) is 0 Å². The van der Waals surface area contributed by atoms with Gasteiger partial charge in [0.15, 0.2) is 9.84 Å². The topological polar surface area (TPSA) is 79.4 Å². The highest BCUT2D eigenvalue weighted by molar-refractivity contribution is 7.92. The van der Waals surface area contributed by atoms with Crippen LogP contribution in [-0.2, 0) is 14.6 Å². The molecular weight excluding hydrogens is 314 g/mol. The first-order valence-corrected chi connectivity index (χ1v) is 9.91. The van der Waals surface area contributed by atoms with Crippen molar-refractivity contribution < 1.29 is 13.2 Å². The van der Waals surface area contributed by atoms with Crippen LogP contribution in [0.3, 0.4) is 0 Å². The van der Waals surface area contributed by atoms with Crippen molar-refractivity contribution in [3.63, 3.8) is 0 Å². The van der Waals surface area contributed by atoms with Crippen molar-refractivity contribution in [2.24, 2.45) is 0 Å². The Morgan fingerprint density at radius 2 is 2.13 bits per heavy atom. The van der Waals surface area contributed by atoms with E-state index in [2.05, 4.69) is 10.3 Å². The number of amides is 1. The molecule has 1 atom stereocenters. The van der Waals surface area contributed by atoms with E-state index in [1.807, 2.05) is 12.1 Å². The van der Waals surface area contributed by atoms with Crippen molar-refractivity contribution in [2.75, 3.05) is 25.4 Å². The number of aromatic nitrogens is 1. The molecule has 2 heterocycles. The summed E-state index contributed by atoms with van der Waals surface area (Å²) < 4.78 is 24.9. The van der Waals surface area contributed by atoms with E-state index in [1.54, 1.807) is 17.3 Å². The third kappa shape index (κ3) is 3.72. The number of hydrogen-bond acceptors (Lipinski definition) is 5. The van der Waals surface area contributed by atoms with Crippen LogP contribution in [0.25, 0.3) is 0 Å². The van der Waals surface area contributed by atoms with Gasteiger partial charge in [-0.25, -0.2) is 8.42 Å². The van der Waals surface area contributed by atoms with E-state index in [9.17, 15) is 13.2 Å². The van der Waals surface area contributed by atoms with Gasteiger partial charge in [0.05, 0.1) is 11.3 Å². The number of carbonyl (C=O) groups is 1. The lowest BCUT2D eigenvalue weighted by Gasteiger charge is -2.36. The minimum absolute atomic E-state index is 0.149. The standard InChI is InChI=1S/C16H23N3O3S/c20-16(12-23(21,22)14-5-1-2-6-14)19-9-8-18-11-15(19)13-4-3-7-17-10-13/h3-4,7,10,14-15,18H,1-2,5-6,8-9,11-12H2. The van der Waals surface area contributed by atoms with Crippen LogP contribution in [-0.4, -0.2) is 54.8 Å². The number of nitrogens with one attached hydrogen (secondary N) is 1.